The van der Waals surface area contributed by atoms with E-state index < -0.39 is 0 Å². The Morgan fingerprint density at radius 2 is 1.90 bits per heavy atom. The van der Waals surface area contributed by atoms with E-state index in [4.69, 9.17) is 10.7 Å². The van der Waals surface area contributed by atoms with Gasteiger partial charge in [-0.2, -0.15) is 5.10 Å². The highest BCUT2D eigenvalue weighted by atomic mass is 15.3. The maximum atomic E-state index is 6.30. The quantitative estimate of drug-likeness (QED) is 0.938. The summed E-state index contributed by atoms with van der Waals surface area (Å²) in [4.78, 5) is 4.77. The van der Waals surface area contributed by atoms with Crippen molar-refractivity contribution in [2.45, 2.75) is 50.5 Å². The lowest BCUT2D eigenvalue weighted by atomic mass is 9.89. The number of nitrogens with zero attached hydrogens (tertiary/aromatic N) is 3. The minimum absolute atomic E-state index is 0.0201. The third-order valence-corrected chi connectivity index (χ3v) is 4.47. The fourth-order valence-electron chi connectivity index (χ4n) is 3.16. The Labute approximate surface area is 126 Å². The summed E-state index contributed by atoms with van der Waals surface area (Å²) in [5.74, 6) is 2.56. The van der Waals surface area contributed by atoms with E-state index >= 15 is 0 Å². The lowest BCUT2D eigenvalue weighted by Gasteiger charge is -2.18. The van der Waals surface area contributed by atoms with Crippen LogP contribution in [0.3, 0.4) is 0 Å². The Balaban J connectivity index is 1.72. The average Bonchev–Trinajstić information content (AvgIpc) is 2.90. The van der Waals surface area contributed by atoms with Gasteiger partial charge < -0.3 is 5.73 Å². The highest BCUT2D eigenvalue weighted by molar-refractivity contribution is 5.19. The molecule has 0 spiro atoms. The third kappa shape index (κ3) is 3.32. The van der Waals surface area contributed by atoms with Crippen molar-refractivity contribution >= 4 is 0 Å². The van der Waals surface area contributed by atoms with Crippen LogP contribution in [0.2, 0.25) is 0 Å². The molecule has 2 aromatic rings. The van der Waals surface area contributed by atoms with Crippen LogP contribution in [0.1, 0.15) is 61.3 Å². The first-order valence-electron chi connectivity index (χ1n) is 7.94. The molecule has 0 aliphatic heterocycles. The van der Waals surface area contributed by atoms with E-state index in [1.165, 1.54) is 32.1 Å². The second kappa shape index (κ2) is 6.39. The fourth-order valence-corrected chi connectivity index (χ4v) is 3.16. The molecule has 1 aliphatic rings. The first-order chi connectivity index (χ1) is 10.2. The molecule has 21 heavy (non-hydrogen) atoms. The highest BCUT2D eigenvalue weighted by Gasteiger charge is 2.21. The number of hydrogen-bond donors (Lipinski definition) is 1. The van der Waals surface area contributed by atoms with Gasteiger partial charge in [0, 0.05) is 25.4 Å². The van der Waals surface area contributed by atoms with E-state index in [-0.39, 0.29) is 6.04 Å². The maximum absolute atomic E-state index is 6.30. The van der Waals surface area contributed by atoms with Gasteiger partial charge in [0.15, 0.2) is 5.82 Å². The van der Waals surface area contributed by atoms with Crippen molar-refractivity contribution in [3.63, 3.8) is 0 Å². The number of aryl methyl sites for hydroxylation is 1. The smallest absolute Gasteiger partial charge is 0.154 e. The first-order valence-corrected chi connectivity index (χ1v) is 7.94. The van der Waals surface area contributed by atoms with Gasteiger partial charge >= 0.3 is 0 Å². The van der Waals surface area contributed by atoms with Crippen molar-refractivity contribution in [1.29, 1.82) is 0 Å². The number of benzene rings is 1. The summed E-state index contributed by atoms with van der Waals surface area (Å²) in [5, 5.41) is 4.63. The van der Waals surface area contributed by atoms with Crippen molar-refractivity contribution < 1.29 is 0 Å². The van der Waals surface area contributed by atoms with Gasteiger partial charge in [0.1, 0.15) is 5.82 Å². The Hall–Kier alpha value is -1.68. The molecule has 1 aromatic heterocycles. The summed E-state index contributed by atoms with van der Waals surface area (Å²) in [6.45, 7) is 0. The van der Waals surface area contributed by atoms with Gasteiger partial charge in [-0.25, -0.2) is 4.98 Å². The first kappa shape index (κ1) is 14.3. The molecule has 4 heteroatoms. The van der Waals surface area contributed by atoms with Crippen LogP contribution in [-0.2, 0) is 13.5 Å². The highest BCUT2D eigenvalue weighted by Crippen LogP contribution is 2.31. The maximum Gasteiger partial charge on any atom is 0.154 e. The molecular formula is C17H24N4. The number of nitrogens with two attached hydrogens (primary N) is 1. The lowest BCUT2D eigenvalue weighted by Crippen LogP contribution is -2.16. The van der Waals surface area contributed by atoms with Crippen LogP contribution >= 0.6 is 0 Å². The van der Waals surface area contributed by atoms with Crippen molar-refractivity contribution in [2.75, 3.05) is 0 Å². The number of hydrogen-bond acceptors (Lipinski definition) is 3. The van der Waals surface area contributed by atoms with Gasteiger partial charge in [-0.05, 0) is 18.4 Å². The molecule has 0 amide bonds. The largest absolute Gasteiger partial charge is 0.324 e. The molecule has 1 aromatic carbocycles. The predicted molar refractivity (Wildman–Crippen MR) is 83.9 cm³/mol. The summed E-state index contributed by atoms with van der Waals surface area (Å²) in [6, 6.07) is 10.2. The van der Waals surface area contributed by atoms with E-state index in [1.54, 1.807) is 0 Å². The molecular weight excluding hydrogens is 260 g/mol. The zero-order valence-corrected chi connectivity index (χ0v) is 12.7. The average molecular weight is 284 g/mol. The van der Waals surface area contributed by atoms with Crippen LogP contribution in [0, 0.1) is 0 Å². The van der Waals surface area contributed by atoms with E-state index in [2.05, 4.69) is 17.2 Å². The van der Waals surface area contributed by atoms with Crippen LogP contribution in [0.5, 0.6) is 0 Å². The summed E-state index contributed by atoms with van der Waals surface area (Å²) in [6.07, 6.45) is 7.17. The van der Waals surface area contributed by atoms with Crippen molar-refractivity contribution in [3.05, 3.63) is 47.5 Å². The second-order valence-electron chi connectivity index (χ2n) is 6.07. The van der Waals surface area contributed by atoms with Gasteiger partial charge in [-0.15, -0.1) is 0 Å². The van der Waals surface area contributed by atoms with E-state index in [0.717, 1.165) is 23.6 Å². The van der Waals surface area contributed by atoms with Gasteiger partial charge in [0.25, 0.3) is 0 Å². The molecule has 112 valence electrons. The van der Waals surface area contributed by atoms with Crippen LogP contribution in [-0.4, -0.2) is 14.8 Å². The molecule has 0 radical (unpaired) electrons. The Morgan fingerprint density at radius 1 is 1.19 bits per heavy atom. The van der Waals surface area contributed by atoms with Crippen molar-refractivity contribution in [3.8, 4) is 0 Å². The van der Waals surface area contributed by atoms with Crippen molar-refractivity contribution in [1.82, 2.24) is 14.8 Å². The topological polar surface area (TPSA) is 56.7 Å². The Bertz CT molecular complexity index is 570. The molecule has 1 atom stereocenters. The minimum Gasteiger partial charge on any atom is -0.324 e. The zero-order chi connectivity index (χ0) is 14.7. The summed E-state index contributed by atoms with van der Waals surface area (Å²) < 4.78 is 1.91. The number of aromatic nitrogens is 3. The lowest BCUT2D eigenvalue weighted by molar-refractivity contribution is 0.427. The van der Waals surface area contributed by atoms with Gasteiger partial charge in [-0.3, -0.25) is 4.68 Å². The third-order valence-electron chi connectivity index (χ3n) is 4.47. The molecule has 2 N–H and O–H groups in total. The van der Waals surface area contributed by atoms with Gasteiger partial charge in [0.2, 0.25) is 0 Å². The predicted octanol–water partition coefficient (Wildman–Crippen LogP) is 3.11. The van der Waals surface area contributed by atoms with Crippen LogP contribution in [0.25, 0.3) is 0 Å². The van der Waals surface area contributed by atoms with Gasteiger partial charge in [0.05, 0.1) is 0 Å². The molecule has 3 rings (SSSR count). The van der Waals surface area contributed by atoms with Gasteiger partial charge in [-0.1, -0.05) is 49.6 Å². The molecule has 0 bridgehead atoms. The van der Waals surface area contributed by atoms with E-state index in [0.29, 0.717) is 5.92 Å². The normalized spacial score (nSPS) is 17.8. The summed E-state index contributed by atoms with van der Waals surface area (Å²) in [5.41, 5.74) is 7.46. The van der Waals surface area contributed by atoms with E-state index in [9.17, 15) is 0 Å². The SMILES string of the molecule is Cn1nc(C2CCCCC2)nc1CC(N)c1ccccc1. The van der Waals surface area contributed by atoms with Crippen molar-refractivity contribution in [2.24, 2.45) is 12.8 Å². The summed E-state index contributed by atoms with van der Waals surface area (Å²) in [7, 11) is 1.98. The van der Waals surface area contributed by atoms with Crippen LogP contribution < -0.4 is 5.73 Å². The molecule has 1 saturated carbocycles. The molecule has 0 saturated heterocycles. The van der Waals surface area contributed by atoms with Crippen LogP contribution in [0.4, 0.5) is 0 Å². The van der Waals surface area contributed by atoms with Crippen LogP contribution in [0.15, 0.2) is 30.3 Å². The molecule has 1 aliphatic carbocycles. The Morgan fingerprint density at radius 3 is 2.62 bits per heavy atom. The zero-order valence-electron chi connectivity index (χ0n) is 12.7. The molecule has 1 heterocycles. The monoisotopic (exact) mass is 284 g/mol. The minimum atomic E-state index is -0.0201. The van der Waals surface area contributed by atoms with E-state index in [1.807, 2.05) is 29.9 Å². The standard InChI is InChI=1S/C17H24N4/c1-21-16(12-15(18)13-8-4-2-5-9-13)19-17(20-21)14-10-6-3-7-11-14/h2,4-5,8-9,14-15H,3,6-7,10-12,18H2,1H3. The fraction of sp³-hybridized carbons (Fsp3) is 0.529. The second-order valence-corrected chi connectivity index (χ2v) is 6.07. The summed E-state index contributed by atoms with van der Waals surface area (Å²) >= 11 is 0. The molecule has 1 unspecified atom stereocenters. The molecule has 4 nitrogen and oxygen atoms in total. The molecule has 1 fully saturated rings. The Kier molecular flexibility index (Phi) is 4.34. The number of rotatable bonds is 4.